The zero-order chi connectivity index (χ0) is 14.5. The molecule has 2 rings (SSSR count). The molecule has 7 heteroatoms. The van der Waals surface area contributed by atoms with Crippen LogP contribution in [0, 0.1) is 0 Å². The van der Waals surface area contributed by atoms with Crippen LogP contribution in [0.1, 0.15) is 29.6 Å². The average Bonchev–Trinajstić information content (AvgIpc) is 2.46. The summed E-state index contributed by atoms with van der Waals surface area (Å²) < 4.78 is 24.5. The number of nitrogens with zero attached hydrogens (tertiary/aromatic N) is 1. The summed E-state index contributed by atoms with van der Waals surface area (Å²) in [5, 5.41) is 0. The minimum absolute atomic E-state index is 0. The number of piperidine rings is 1. The molecule has 1 aliphatic heterocycles. The molecule has 1 amide bonds. The number of halogens is 3. The van der Waals surface area contributed by atoms with Crippen LogP contribution < -0.4 is 5.73 Å². The highest BCUT2D eigenvalue weighted by Gasteiger charge is 2.26. The number of likely N-dealkylation sites (tertiary alicyclic amines) is 1. The van der Waals surface area contributed by atoms with Crippen molar-refractivity contribution in [2.75, 3.05) is 13.1 Å². The molecule has 2 N–H and O–H groups in total. The van der Waals surface area contributed by atoms with Gasteiger partial charge in [-0.15, -0.1) is 12.4 Å². The first-order chi connectivity index (χ1) is 9.61. The lowest BCUT2D eigenvalue weighted by molar-refractivity contribution is 0.0623. The Bertz CT molecular complexity index is 459. The molecule has 21 heavy (non-hydrogen) atoms. The molecule has 1 aromatic rings. The van der Waals surface area contributed by atoms with Gasteiger partial charge in [-0.3, -0.25) is 4.79 Å². The van der Waals surface area contributed by atoms with E-state index >= 15 is 0 Å². The average molecular weight is 337 g/mol. The highest BCUT2D eigenvalue weighted by Crippen LogP contribution is 2.26. The molecule has 118 valence electrons. The Hall–Kier alpha value is -0.850. The van der Waals surface area contributed by atoms with Gasteiger partial charge in [-0.25, -0.2) is 0 Å². The number of hydrogen-bond acceptors (Lipinski definition) is 3. The summed E-state index contributed by atoms with van der Waals surface area (Å²) in [6.45, 7) is 1.18. The van der Waals surface area contributed by atoms with E-state index in [-0.39, 0.29) is 24.4 Å². The van der Waals surface area contributed by atoms with E-state index in [2.05, 4.69) is 0 Å². The summed E-state index contributed by atoms with van der Waals surface area (Å²) in [6, 6.07) is 6.42. The number of alkyl halides is 2. The number of carbonyl (C=O) groups excluding carboxylic acids is 1. The van der Waals surface area contributed by atoms with Crippen LogP contribution in [0.2, 0.25) is 0 Å². The molecule has 1 aromatic carbocycles. The fraction of sp³-hybridized carbons (Fsp3) is 0.500. The number of thioether (sulfide) groups is 1. The van der Waals surface area contributed by atoms with Crippen molar-refractivity contribution in [2.24, 2.45) is 5.73 Å². The first-order valence-corrected chi connectivity index (χ1v) is 7.55. The van der Waals surface area contributed by atoms with Gasteiger partial charge in [-0.1, -0.05) is 11.8 Å². The van der Waals surface area contributed by atoms with Gasteiger partial charge in [-0.05, 0) is 43.5 Å². The van der Waals surface area contributed by atoms with Gasteiger partial charge in [0, 0.05) is 29.6 Å². The first-order valence-electron chi connectivity index (χ1n) is 6.67. The molecular formula is C14H19ClF2N2OS. The van der Waals surface area contributed by atoms with Crippen molar-refractivity contribution >= 4 is 30.1 Å². The minimum Gasteiger partial charge on any atom is -0.334 e. The van der Waals surface area contributed by atoms with E-state index in [4.69, 9.17) is 5.73 Å². The molecule has 0 radical (unpaired) electrons. The van der Waals surface area contributed by atoms with Crippen molar-refractivity contribution in [3.8, 4) is 0 Å². The highest BCUT2D eigenvalue weighted by atomic mass is 35.5. The Morgan fingerprint density at radius 2 is 2.00 bits per heavy atom. The molecule has 0 spiro atoms. The van der Waals surface area contributed by atoms with Gasteiger partial charge in [0.1, 0.15) is 0 Å². The largest absolute Gasteiger partial charge is 0.334 e. The molecule has 1 unspecified atom stereocenters. The van der Waals surface area contributed by atoms with E-state index in [1.807, 2.05) is 0 Å². The van der Waals surface area contributed by atoms with Gasteiger partial charge in [0.2, 0.25) is 0 Å². The molecular weight excluding hydrogens is 318 g/mol. The van der Waals surface area contributed by atoms with E-state index < -0.39 is 5.76 Å². The maximum Gasteiger partial charge on any atom is 0.288 e. The second kappa shape index (κ2) is 8.56. The van der Waals surface area contributed by atoms with Crippen LogP contribution in [0.3, 0.4) is 0 Å². The van der Waals surface area contributed by atoms with Crippen LogP contribution in [0.5, 0.6) is 0 Å². The number of carbonyl (C=O) groups is 1. The van der Waals surface area contributed by atoms with Gasteiger partial charge >= 0.3 is 0 Å². The van der Waals surface area contributed by atoms with Crippen LogP contribution in [0.4, 0.5) is 8.78 Å². The smallest absolute Gasteiger partial charge is 0.288 e. The van der Waals surface area contributed by atoms with Crippen molar-refractivity contribution < 1.29 is 13.6 Å². The zero-order valence-electron chi connectivity index (χ0n) is 11.5. The molecule has 1 aliphatic rings. The standard InChI is InChI=1S/C14H18F2N2OS.ClH/c15-14(16)20-12-6-4-10(5-7-12)13(19)18-8-2-1-3-11(18)9-17;/h4-7,11,14H,1-3,8-9,17H2;1H. The minimum atomic E-state index is -2.44. The van der Waals surface area contributed by atoms with E-state index in [1.165, 1.54) is 0 Å². The molecule has 1 atom stereocenters. The van der Waals surface area contributed by atoms with Gasteiger partial charge < -0.3 is 10.6 Å². The van der Waals surface area contributed by atoms with Crippen molar-refractivity contribution in [1.82, 2.24) is 4.90 Å². The Morgan fingerprint density at radius 3 is 2.57 bits per heavy atom. The summed E-state index contributed by atoms with van der Waals surface area (Å²) in [7, 11) is 0. The van der Waals surface area contributed by atoms with Gasteiger partial charge in [0.15, 0.2) is 0 Å². The van der Waals surface area contributed by atoms with Crippen LogP contribution >= 0.6 is 24.2 Å². The van der Waals surface area contributed by atoms with Gasteiger partial charge in [-0.2, -0.15) is 8.78 Å². The predicted octanol–water partition coefficient (Wildman–Crippen LogP) is 3.38. The lowest BCUT2D eigenvalue weighted by Crippen LogP contribution is -2.47. The molecule has 0 aliphatic carbocycles. The fourth-order valence-corrected chi connectivity index (χ4v) is 2.96. The number of amides is 1. The Morgan fingerprint density at radius 1 is 1.33 bits per heavy atom. The Labute approximate surface area is 133 Å². The summed E-state index contributed by atoms with van der Waals surface area (Å²) in [5.41, 5.74) is 6.24. The molecule has 0 bridgehead atoms. The maximum absolute atomic E-state index is 12.4. The Kier molecular flexibility index (Phi) is 7.42. The first kappa shape index (κ1) is 18.2. The quantitative estimate of drug-likeness (QED) is 0.857. The lowest BCUT2D eigenvalue weighted by atomic mass is 10.0. The van der Waals surface area contributed by atoms with Gasteiger partial charge in [0.05, 0.1) is 0 Å². The van der Waals surface area contributed by atoms with E-state index in [1.54, 1.807) is 29.2 Å². The van der Waals surface area contributed by atoms with Crippen LogP contribution in [0.15, 0.2) is 29.2 Å². The third-order valence-corrected chi connectivity index (χ3v) is 4.21. The van der Waals surface area contributed by atoms with Crippen LogP contribution in [0.25, 0.3) is 0 Å². The third kappa shape index (κ3) is 4.83. The molecule has 1 heterocycles. The van der Waals surface area contributed by atoms with Crippen LogP contribution in [-0.2, 0) is 0 Å². The summed E-state index contributed by atoms with van der Waals surface area (Å²) in [6.07, 6.45) is 3.01. The molecule has 1 fully saturated rings. The molecule has 0 saturated carbocycles. The summed E-state index contributed by atoms with van der Waals surface area (Å²) >= 11 is 0.481. The van der Waals surface area contributed by atoms with Crippen LogP contribution in [-0.4, -0.2) is 35.7 Å². The predicted molar refractivity (Wildman–Crippen MR) is 83.3 cm³/mol. The summed E-state index contributed by atoms with van der Waals surface area (Å²) in [5.74, 6) is -2.51. The van der Waals surface area contributed by atoms with Crippen molar-refractivity contribution in [1.29, 1.82) is 0 Å². The van der Waals surface area contributed by atoms with E-state index in [0.717, 1.165) is 19.3 Å². The lowest BCUT2D eigenvalue weighted by Gasteiger charge is -2.35. The van der Waals surface area contributed by atoms with E-state index in [9.17, 15) is 13.6 Å². The van der Waals surface area contributed by atoms with Crippen molar-refractivity contribution in [3.63, 3.8) is 0 Å². The summed E-state index contributed by atoms with van der Waals surface area (Å²) in [4.78, 5) is 14.7. The monoisotopic (exact) mass is 336 g/mol. The van der Waals surface area contributed by atoms with Crippen molar-refractivity contribution in [3.05, 3.63) is 29.8 Å². The molecule has 3 nitrogen and oxygen atoms in total. The Balaban J connectivity index is 0.00000220. The maximum atomic E-state index is 12.4. The topological polar surface area (TPSA) is 46.3 Å². The second-order valence-electron chi connectivity index (χ2n) is 4.79. The number of rotatable bonds is 4. The SMILES string of the molecule is Cl.NCC1CCCCN1C(=O)c1ccc(SC(F)F)cc1. The van der Waals surface area contributed by atoms with E-state index in [0.29, 0.717) is 35.3 Å². The molecule has 0 aromatic heterocycles. The highest BCUT2D eigenvalue weighted by molar-refractivity contribution is 7.99. The number of benzene rings is 1. The fourth-order valence-electron chi connectivity index (χ4n) is 2.46. The third-order valence-electron chi connectivity index (χ3n) is 3.49. The number of hydrogen-bond donors (Lipinski definition) is 1. The zero-order valence-corrected chi connectivity index (χ0v) is 13.1. The normalized spacial score (nSPS) is 18.5. The second-order valence-corrected chi connectivity index (χ2v) is 5.85. The van der Waals surface area contributed by atoms with Crippen molar-refractivity contribution in [2.45, 2.75) is 36.0 Å². The molecule has 1 saturated heterocycles. The van der Waals surface area contributed by atoms with Gasteiger partial charge in [0.25, 0.3) is 11.7 Å². The number of nitrogens with two attached hydrogens (primary N) is 1.